The number of hydrogen-bond donors (Lipinski definition) is 1. The van der Waals surface area contributed by atoms with Gasteiger partial charge in [0.25, 0.3) is 0 Å². The van der Waals surface area contributed by atoms with Crippen molar-refractivity contribution in [3.63, 3.8) is 0 Å². The van der Waals surface area contributed by atoms with Gasteiger partial charge in [-0.15, -0.1) is 0 Å². The molecule has 2 rings (SSSR count). The standard InChI is InChI=1S/C16H21BrClN3/c1-3-8-19-16(12-10-20-21(11-12)9-4-2)13-6-5-7-14(17)15(13)18/h5-7,10-11,16,19H,3-4,8-9H2,1-2H3. The highest BCUT2D eigenvalue weighted by atomic mass is 79.9. The third kappa shape index (κ3) is 4.09. The number of halogens is 2. The molecule has 0 saturated carbocycles. The van der Waals surface area contributed by atoms with Gasteiger partial charge in [0, 0.05) is 22.8 Å². The summed E-state index contributed by atoms with van der Waals surface area (Å²) in [5.74, 6) is 0. The summed E-state index contributed by atoms with van der Waals surface area (Å²) in [6, 6.07) is 6.11. The van der Waals surface area contributed by atoms with Crippen molar-refractivity contribution >= 4 is 27.5 Å². The summed E-state index contributed by atoms with van der Waals surface area (Å²) in [6.45, 7) is 6.19. The molecule has 0 fully saturated rings. The molecular formula is C16H21BrClN3. The van der Waals surface area contributed by atoms with E-state index in [2.05, 4.69) is 52.5 Å². The lowest BCUT2D eigenvalue weighted by Crippen LogP contribution is -2.23. The van der Waals surface area contributed by atoms with Crippen LogP contribution in [0.1, 0.15) is 43.9 Å². The maximum Gasteiger partial charge on any atom is 0.0623 e. The summed E-state index contributed by atoms with van der Waals surface area (Å²) in [4.78, 5) is 0. The van der Waals surface area contributed by atoms with Gasteiger partial charge in [0.2, 0.25) is 0 Å². The van der Waals surface area contributed by atoms with Crippen LogP contribution in [0, 0.1) is 0 Å². The predicted molar refractivity (Wildman–Crippen MR) is 91.8 cm³/mol. The molecule has 0 aliphatic carbocycles. The third-order valence-corrected chi connectivity index (χ3v) is 4.64. The SMILES string of the molecule is CCCNC(c1cnn(CCC)c1)c1cccc(Br)c1Cl. The van der Waals surface area contributed by atoms with Crippen LogP contribution in [0.3, 0.4) is 0 Å². The average Bonchev–Trinajstić information content (AvgIpc) is 2.92. The predicted octanol–water partition coefficient (Wildman–Crippen LogP) is 4.80. The van der Waals surface area contributed by atoms with Crippen molar-refractivity contribution in [1.29, 1.82) is 0 Å². The lowest BCUT2D eigenvalue weighted by Gasteiger charge is -2.19. The van der Waals surface area contributed by atoms with Crippen LogP contribution in [0.25, 0.3) is 0 Å². The maximum atomic E-state index is 6.47. The first-order chi connectivity index (χ1) is 10.2. The van der Waals surface area contributed by atoms with Crippen LogP contribution in [0.2, 0.25) is 5.02 Å². The van der Waals surface area contributed by atoms with Crippen LogP contribution in [0.5, 0.6) is 0 Å². The van der Waals surface area contributed by atoms with Gasteiger partial charge in [-0.25, -0.2) is 0 Å². The largest absolute Gasteiger partial charge is 0.306 e. The van der Waals surface area contributed by atoms with Gasteiger partial charge in [0.1, 0.15) is 0 Å². The van der Waals surface area contributed by atoms with Crippen molar-refractivity contribution in [2.45, 2.75) is 39.3 Å². The van der Waals surface area contributed by atoms with Crippen molar-refractivity contribution in [3.8, 4) is 0 Å². The minimum atomic E-state index is 0.0700. The molecule has 1 unspecified atom stereocenters. The minimum absolute atomic E-state index is 0.0700. The highest BCUT2D eigenvalue weighted by Gasteiger charge is 2.19. The molecule has 0 aliphatic heterocycles. The molecule has 0 bridgehead atoms. The fourth-order valence-electron chi connectivity index (χ4n) is 2.32. The van der Waals surface area contributed by atoms with E-state index in [1.165, 1.54) is 0 Å². The second-order valence-corrected chi connectivity index (χ2v) is 6.30. The number of benzene rings is 1. The molecule has 0 aliphatic rings. The molecule has 0 amide bonds. The first-order valence-electron chi connectivity index (χ1n) is 7.37. The second kappa shape index (κ2) is 7.97. The van der Waals surface area contributed by atoms with E-state index in [-0.39, 0.29) is 6.04 Å². The van der Waals surface area contributed by atoms with Crippen molar-refractivity contribution in [2.75, 3.05) is 6.54 Å². The molecule has 1 N–H and O–H groups in total. The molecule has 3 nitrogen and oxygen atoms in total. The topological polar surface area (TPSA) is 29.9 Å². The molecule has 5 heteroatoms. The summed E-state index contributed by atoms with van der Waals surface area (Å²) in [5, 5.41) is 8.76. The summed E-state index contributed by atoms with van der Waals surface area (Å²) in [5.41, 5.74) is 2.23. The van der Waals surface area contributed by atoms with Gasteiger partial charge in [-0.3, -0.25) is 4.68 Å². The van der Waals surface area contributed by atoms with Crippen LogP contribution in [0.4, 0.5) is 0 Å². The van der Waals surface area contributed by atoms with Crippen molar-refractivity contribution < 1.29 is 0 Å². The van der Waals surface area contributed by atoms with E-state index < -0.39 is 0 Å². The molecule has 1 atom stereocenters. The van der Waals surface area contributed by atoms with E-state index in [1.807, 2.05) is 23.0 Å². The third-order valence-electron chi connectivity index (χ3n) is 3.33. The van der Waals surface area contributed by atoms with Crippen molar-refractivity contribution in [3.05, 3.63) is 51.2 Å². The molecule has 114 valence electrons. The number of aromatic nitrogens is 2. The van der Waals surface area contributed by atoms with Crippen molar-refractivity contribution in [1.82, 2.24) is 15.1 Å². The number of aryl methyl sites for hydroxylation is 1. The van der Waals surface area contributed by atoms with E-state index >= 15 is 0 Å². The zero-order chi connectivity index (χ0) is 15.2. The molecule has 21 heavy (non-hydrogen) atoms. The first kappa shape index (κ1) is 16.5. The molecule has 1 aromatic carbocycles. The van der Waals surface area contributed by atoms with E-state index in [9.17, 15) is 0 Å². The first-order valence-corrected chi connectivity index (χ1v) is 8.54. The molecule has 0 radical (unpaired) electrons. The fourth-order valence-corrected chi connectivity index (χ4v) is 2.94. The van der Waals surface area contributed by atoms with Gasteiger partial charge in [0.05, 0.1) is 17.3 Å². The Morgan fingerprint density at radius 3 is 2.86 bits per heavy atom. The monoisotopic (exact) mass is 369 g/mol. The second-order valence-electron chi connectivity index (χ2n) is 5.07. The van der Waals surface area contributed by atoms with Crippen LogP contribution in [-0.2, 0) is 6.54 Å². The quantitative estimate of drug-likeness (QED) is 0.759. The van der Waals surface area contributed by atoms with E-state index in [0.29, 0.717) is 0 Å². The zero-order valence-electron chi connectivity index (χ0n) is 12.4. The van der Waals surface area contributed by atoms with Gasteiger partial charge in [-0.1, -0.05) is 37.6 Å². The van der Waals surface area contributed by atoms with Gasteiger partial charge < -0.3 is 5.32 Å². The normalized spacial score (nSPS) is 12.6. The molecule has 0 saturated heterocycles. The number of hydrogen-bond acceptors (Lipinski definition) is 2. The highest BCUT2D eigenvalue weighted by molar-refractivity contribution is 9.10. The Labute approximate surface area is 139 Å². The zero-order valence-corrected chi connectivity index (χ0v) is 14.8. The Balaban J connectivity index is 2.34. The molecule has 1 aromatic heterocycles. The Bertz CT molecular complexity index is 583. The average molecular weight is 371 g/mol. The lowest BCUT2D eigenvalue weighted by molar-refractivity contribution is 0.588. The smallest absolute Gasteiger partial charge is 0.0623 e. The van der Waals surface area contributed by atoms with Gasteiger partial charge in [0.15, 0.2) is 0 Å². The summed E-state index contributed by atoms with van der Waals surface area (Å²) in [6.07, 6.45) is 6.19. The van der Waals surface area contributed by atoms with Crippen molar-refractivity contribution in [2.24, 2.45) is 0 Å². The summed E-state index contributed by atoms with van der Waals surface area (Å²) in [7, 11) is 0. The Hall–Kier alpha value is -0.840. The Morgan fingerprint density at radius 2 is 2.14 bits per heavy atom. The molecule has 0 spiro atoms. The number of nitrogens with one attached hydrogen (secondary N) is 1. The van der Waals surface area contributed by atoms with Crippen LogP contribution >= 0.6 is 27.5 Å². The Morgan fingerprint density at radius 1 is 1.33 bits per heavy atom. The van der Waals surface area contributed by atoms with E-state index in [4.69, 9.17) is 11.6 Å². The van der Waals surface area contributed by atoms with E-state index in [0.717, 1.165) is 46.6 Å². The highest BCUT2D eigenvalue weighted by Crippen LogP contribution is 2.33. The minimum Gasteiger partial charge on any atom is -0.306 e. The molecular weight excluding hydrogens is 350 g/mol. The summed E-state index contributed by atoms with van der Waals surface area (Å²) < 4.78 is 2.91. The lowest BCUT2D eigenvalue weighted by atomic mass is 10.0. The Kier molecular flexibility index (Phi) is 6.27. The number of rotatable bonds is 7. The summed E-state index contributed by atoms with van der Waals surface area (Å²) >= 11 is 9.98. The van der Waals surface area contributed by atoms with Gasteiger partial charge in [-0.2, -0.15) is 5.10 Å². The van der Waals surface area contributed by atoms with Gasteiger partial charge in [-0.05, 0) is 46.9 Å². The molecule has 1 heterocycles. The van der Waals surface area contributed by atoms with Crippen LogP contribution in [-0.4, -0.2) is 16.3 Å². The fraction of sp³-hybridized carbons (Fsp3) is 0.438. The van der Waals surface area contributed by atoms with Crippen LogP contribution in [0.15, 0.2) is 35.1 Å². The van der Waals surface area contributed by atoms with Gasteiger partial charge >= 0.3 is 0 Å². The number of nitrogens with zero attached hydrogens (tertiary/aromatic N) is 2. The van der Waals surface area contributed by atoms with E-state index in [1.54, 1.807) is 0 Å². The molecule has 2 aromatic rings. The maximum absolute atomic E-state index is 6.47. The van der Waals surface area contributed by atoms with Crippen LogP contribution < -0.4 is 5.32 Å².